The van der Waals surface area contributed by atoms with Gasteiger partial charge in [-0.25, -0.2) is 4.98 Å². The lowest BCUT2D eigenvalue weighted by molar-refractivity contribution is 0.567. The molecule has 108 valence electrons. The van der Waals surface area contributed by atoms with Gasteiger partial charge in [-0.1, -0.05) is 43.3 Å². The fourth-order valence-electron chi connectivity index (χ4n) is 3.01. The van der Waals surface area contributed by atoms with Crippen molar-refractivity contribution in [3.63, 3.8) is 0 Å². The second-order valence-corrected chi connectivity index (χ2v) is 6.16. The van der Waals surface area contributed by atoms with Crippen LogP contribution in [0.5, 0.6) is 0 Å². The minimum atomic E-state index is -0.112. The van der Waals surface area contributed by atoms with Crippen LogP contribution in [-0.2, 0) is 18.9 Å². The molecule has 0 bridgehead atoms. The highest BCUT2D eigenvalue weighted by atomic mass is 15.1. The average Bonchev–Trinajstić information content (AvgIpc) is 2.86. The van der Waals surface area contributed by atoms with Gasteiger partial charge in [0.05, 0.1) is 11.0 Å². The zero-order chi connectivity index (χ0) is 15.0. The third kappa shape index (κ3) is 2.25. The lowest BCUT2D eigenvalue weighted by Crippen LogP contribution is -2.23. The number of benzene rings is 2. The summed E-state index contributed by atoms with van der Waals surface area (Å²) >= 11 is 0. The fourth-order valence-corrected chi connectivity index (χ4v) is 3.01. The smallest absolute Gasteiger partial charge is 0.119 e. The lowest BCUT2D eigenvalue weighted by atomic mass is 9.83. The Morgan fingerprint density at radius 2 is 1.81 bits per heavy atom. The first-order chi connectivity index (χ1) is 10.0. The van der Waals surface area contributed by atoms with Crippen LogP contribution in [0.2, 0.25) is 0 Å². The van der Waals surface area contributed by atoms with Gasteiger partial charge < -0.3 is 4.57 Å². The molecule has 21 heavy (non-hydrogen) atoms. The second-order valence-electron chi connectivity index (χ2n) is 6.16. The Balaban J connectivity index is 2.17. The van der Waals surface area contributed by atoms with E-state index in [1.165, 1.54) is 16.6 Å². The zero-order valence-corrected chi connectivity index (χ0v) is 13.2. The van der Waals surface area contributed by atoms with Crippen molar-refractivity contribution in [1.29, 1.82) is 0 Å². The largest absolute Gasteiger partial charge is 0.330 e. The minimum Gasteiger partial charge on any atom is -0.330 e. The van der Waals surface area contributed by atoms with Crippen molar-refractivity contribution in [2.45, 2.75) is 32.6 Å². The van der Waals surface area contributed by atoms with Gasteiger partial charge in [-0.3, -0.25) is 0 Å². The Labute approximate surface area is 126 Å². The number of fused-ring (bicyclic) bond motifs is 1. The quantitative estimate of drug-likeness (QED) is 0.691. The van der Waals surface area contributed by atoms with Crippen molar-refractivity contribution in [3.05, 3.63) is 65.5 Å². The minimum absolute atomic E-state index is 0.112. The summed E-state index contributed by atoms with van der Waals surface area (Å²) in [5.74, 6) is 1.11. The highest BCUT2D eigenvalue weighted by Gasteiger charge is 2.28. The number of rotatable bonds is 3. The Kier molecular flexibility index (Phi) is 3.32. The Morgan fingerprint density at radius 1 is 1.05 bits per heavy atom. The zero-order valence-electron chi connectivity index (χ0n) is 13.2. The molecule has 1 heterocycles. The van der Waals surface area contributed by atoms with Gasteiger partial charge in [0.1, 0.15) is 5.82 Å². The number of hydrogen-bond donors (Lipinski definition) is 0. The molecule has 2 nitrogen and oxygen atoms in total. The third-order valence-electron chi connectivity index (χ3n) is 4.40. The summed E-state index contributed by atoms with van der Waals surface area (Å²) in [5, 5.41) is 0. The summed E-state index contributed by atoms with van der Waals surface area (Å²) in [5.41, 5.74) is 4.83. The van der Waals surface area contributed by atoms with Crippen LogP contribution >= 0.6 is 0 Å². The Hall–Kier alpha value is -2.09. The molecule has 2 aromatic carbocycles. The molecule has 0 saturated heterocycles. The van der Waals surface area contributed by atoms with Gasteiger partial charge in [0, 0.05) is 12.5 Å². The van der Waals surface area contributed by atoms with Crippen LogP contribution in [0.4, 0.5) is 0 Å². The highest BCUT2D eigenvalue weighted by molar-refractivity contribution is 5.76. The van der Waals surface area contributed by atoms with Crippen LogP contribution in [0.15, 0.2) is 48.5 Å². The summed E-state index contributed by atoms with van der Waals surface area (Å²) in [6.45, 7) is 6.70. The summed E-state index contributed by atoms with van der Waals surface area (Å²) in [6, 6.07) is 17.2. The molecule has 0 aliphatic carbocycles. The molecule has 0 N–H and O–H groups in total. The van der Waals surface area contributed by atoms with Crippen molar-refractivity contribution in [2.24, 2.45) is 7.05 Å². The van der Waals surface area contributed by atoms with Gasteiger partial charge in [-0.05, 0) is 43.5 Å². The molecular weight excluding hydrogens is 256 g/mol. The molecule has 3 rings (SSSR count). The average molecular weight is 278 g/mol. The topological polar surface area (TPSA) is 17.8 Å². The van der Waals surface area contributed by atoms with E-state index in [9.17, 15) is 0 Å². The number of nitrogens with zero attached hydrogens (tertiary/aromatic N) is 2. The van der Waals surface area contributed by atoms with E-state index < -0.39 is 0 Å². The van der Waals surface area contributed by atoms with E-state index in [0.717, 1.165) is 17.8 Å². The predicted octanol–water partition coefficient (Wildman–Crippen LogP) is 4.46. The number of imidazole rings is 1. The van der Waals surface area contributed by atoms with Crippen LogP contribution in [0.25, 0.3) is 11.0 Å². The van der Waals surface area contributed by atoms with Gasteiger partial charge in [0.25, 0.3) is 0 Å². The SMILES string of the molecule is CCc1cccc(C(C)(C)c2nc3ccccc3n2C)c1. The standard InChI is InChI=1S/C19H22N2/c1-5-14-9-8-10-15(13-14)19(2,3)18-20-16-11-6-7-12-17(16)21(18)4/h6-13H,5H2,1-4H3. The van der Waals surface area contributed by atoms with Crippen molar-refractivity contribution in [1.82, 2.24) is 9.55 Å². The molecule has 0 saturated carbocycles. The monoisotopic (exact) mass is 278 g/mol. The number of para-hydroxylation sites is 2. The fraction of sp³-hybridized carbons (Fsp3) is 0.316. The highest BCUT2D eigenvalue weighted by Crippen LogP contribution is 2.32. The van der Waals surface area contributed by atoms with E-state index >= 15 is 0 Å². The van der Waals surface area contributed by atoms with E-state index in [1.54, 1.807) is 0 Å². The molecule has 3 aromatic rings. The van der Waals surface area contributed by atoms with Gasteiger partial charge in [-0.15, -0.1) is 0 Å². The molecule has 1 aromatic heterocycles. The van der Waals surface area contributed by atoms with Crippen molar-refractivity contribution >= 4 is 11.0 Å². The maximum absolute atomic E-state index is 4.88. The van der Waals surface area contributed by atoms with Crippen LogP contribution in [-0.4, -0.2) is 9.55 Å². The van der Waals surface area contributed by atoms with Crippen molar-refractivity contribution < 1.29 is 0 Å². The second kappa shape index (κ2) is 5.03. The summed E-state index contributed by atoms with van der Waals surface area (Å²) in [4.78, 5) is 4.88. The molecule has 0 atom stereocenters. The molecule has 2 heteroatoms. The number of aromatic nitrogens is 2. The lowest BCUT2D eigenvalue weighted by Gasteiger charge is -2.25. The van der Waals surface area contributed by atoms with E-state index in [1.807, 2.05) is 6.07 Å². The number of hydrogen-bond acceptors (Lipinski definition) is 1. The van der Waals surface area contributed by atoms with Crippen LogP contribution < -0.4 is 0 Å². The molecule has 0 radical (unpaired) electrons. The summed E-state index contributed by atoms with van der Waals surface area (Å²) in [6.07, 6.45) is 1.06. The molecule has 0 aliphatic heterocycles. The first-order valence-corrected chi connectivity index (χ1v) is 7.55. The maximum Gasteiger partial charge on any atom is 0.119 e. The van der Waals surface area contributed by atoms with Gasteiger partial charge in [0.15, 0.2) is 0 Å². The van der Waals surface area contributed by atoms with Gasteiger partial charge in [0.2, 0.25) is 0 Å². The van der Waals surface area contributed by atoms with Crippen LogP contribution in [0, 0.1) is 0 Å². The van der Waals surface area contributed by atoms with Gasteiger partial charge >= 0.3 is 0 Å². The third-order valence-corrected chi connectivity index (χ3v) is 4.40. The van der Waals surface area contributed by atoms with Crippen molar-refractivity contribution in [3.8, 4) is 0 Å². The van der Waals surface area contributed by atoms with Crippen molar-refractivity contribution in [2.75, 3.05) is 0 Å². The van der Waals surface area contributed by atoms with Gasteiger partial charge in [-0.2, -0.15) is 0 Å². The number of aryl methyl sites for hydroxylation is 2. The first kappa shape index (κ1) is 13.9. The van der Waals surface area contributed by atoms with E-state index in [0.29, 0.717) is 0 Å². The predicted molar refractivity (Wildman–Crippen MR) is 88.7 cm³/mol. The van der Waals surface area contributed by atoms with E-state index in [-0.39, 0.29) is 5.41 Å². The summed E-state index contributed by atoms with van der Waals surface area (Å²) < 4.78 is 2.22. The molecule has 0 amide bonds. The van der Waals surface area contributed by atoms with Crippen LogP contribution in [0.3, 0.4) is 0 Å². The molecule has 0 fully saturated rings. The molecule has 0 spiro atoms. The van der Waals surface area contributed by atoms with E-state index in [2.05, 4.69) is 74.9 Å². The first-order valence-electron chi connectivity index (χ1n) is 7.55. The maximum atomic E-state index is 4.88. The molecule has 0 aliphatic rings. The molecule has 0 unspecified atom stereocenters. The summed E-state index contributed by atoms with van der Waals surface area (Å²) in [7, 11) is 2.11. The Morgan fingerprint density at radius 3 is 2.52 bits per heavy atom. The Bertz CT molecular complexity index is 781. The normalized spacial score (nSPS) is 12.0. The van der Waals surface area contributed by atoms with Crippen LogP contribution in [0.1, 0.15) is 37.7 Å². The molecular formula is C19H22N2. The van der Waals surface area contributed by atoms with E-state index in [4.69, 9.17) is 4.98 Å².